The second-order valence-corrected chi connectivity index (χ2v) is 4.61. The van der Waals surface area contributed by atoms with Crippen LogP contribution in [0.1, 0.15) is 18.9 Å². The number of hydrogen-bond acceptors (Lipinski definition) is 2. The third kappa shape index (κ3) is 5.30. The van der Waals surface area contributed by atoms with Gasteiger partial charge in [0.25, 0.3) is 0 Å². The van der Waals surface area contributed by atoms with Gasteiger partial charge >= 0.3 is 0 Å². The van der Waals surface area contributed by atoms with Crippen LogP contribution in [0.3, 0.4) is 0 Å². The zero-order valence-electron chi connectivity index (χ0n) is 9.04. The third-order valence-electron chi connectivity index (χ3n) is 2.17. The molecule has 0 heterocycles. The summed E-state index contributed by atoms with van der Waals surface area (Å²) in [5.74, 6) is 0. The lowest BCUT2D eigenvalue weighted by Crippen LogP contribution is -2.28. The first kappa shape index (κ1) is 12.7. The normalized spacial score (nSPS) is 12.7. The fourth-order valence-electron chi connectivity index (χ4n) is 1.45. The molecule has 0 bridgehead atoms. The van der Waals surface area contributed by atoms with Crippen molar-refractivity contribution in [3.8, 4) is 0 Å². The standard InChI is InChI=1S/C12H18BrNO/c1-2-6-14-9-12(15)8-10-4-3-5-11(13)7-10/h3-5,7,12,14-15H,2,6,8-9H2,1H3. The van der Waals surface area contributed by atoms with Gasteiger partial charge in [-0.1, -0.05) is 35.0 Å². The van der Waals surface area contributed by atoms with Crippen LogP contribution in [0, 0.1) is 0 Å². The number of rotatable bonds is 6. The maximum absolute atomic E-state index is 9.74. The first-order valence-electron chi connectivity index (χ1n) is 5.35. The van der Waals surface area contributed by atoms with Gasteiger partial charge in [-0.05, 0) is 37.1 Å². The van der Waals surface area contributed by atoms with E-state index in [1.807, 2.05) is 24.3 Å². The van der Waals surface area contributed by atoms with Crippen LogP contribution >= 0.6 is 15.9 Å². The molecule has 0 fully saturated rings. The summed E-state index contributed by atoms with van der Waals surface area (Å²) >= 11 is 3.42. The molecule has 0 aliphatic carbocycles. The summed E-state index contributed by atoms with van der Waals surface area (Å²) in [5, 5.41) is 13.0. The molecule has 1 rings (SSSR count). The highest BCUT2D eigenvalue weighted by Crippen LogP contribution is 2.12. The smallest absolute Gasteiger partial charge is 0.0704 e. The van der Waals surface area contributed by atoms with Gasteiger partial charge in [-0.15, -0.1) is 0 Å². The molecular weight excluding hydrogens is 254 g/mol. The number of aliphatic hydroxyl groups excluding tert-OH is 1. The number of halogens is 1. The van der Waals surface area contributed by atoms with Crippen molar-refractivity contribution < 1.29 is 5.11 Å². The van der Waals surface area contributed by atoms with Gasteiger partial charge in [-0.3, -0.25) is 0 Å². The Morgan fingerprint density at radius 1 is 1.47 bits per heavy atom. The van der Waals surface area contributed by atoms with Crippen molar-refractivity contribution in [1.29, 1.82) is 0 Å². The lowest BCUT2D eigenvalue weighted by atomic mass is 10.1. The van der Waals surface area contributed by atoms with E-state index >= 15 is 0 Å². The quantitative estimate of drug-likeness (QED) is 0.779. The van der Waals surface area contributed by atoms with E-state index in [1.165, 1.54) is 0 Å². The van der Waals surface area contributed by atoms with Crippen LogP contribution in [0.25, 0.3) is 0 Å². The fraction of sp³-hybridized carbons (Fsp3) is 0.500. The molecule has 0 amide bonds. The summed E-state index contributed by atoms with van der Waals surface area (Å²) in [6.07, 6.45) is 1.51. The molecule has 0 aromatic heterocycles. The van der Waals surface area contributed by atoms with Crippen LogP contribution in [0.4, 0.5) is 0 Å². The van der Waals surface area contributed by atoms with Gasteiger partial charge in [-0.2, -0.15) is 0 Å². The van der Waals surface area contributed by atoms with Gasteiger partial charge in [-0.25, -0.2) is 0 Å². The van der Waals surface area contributed by atoms with Crippen molar-refractivity contribution in [2.75, 3.05) is 13.1 Å². The van der Waals surface area contributed by atoms with Gasteiger partial charge in [0.05, 0.1) is 6.10 Å². The molecule has 0 aliphatic heterocycles. The molecule has 0 aliphatic rings. The zero-order chi connectivity index (χ0) is 11.1. The topological polar surface area (TPSA) is 32.3 Å². The van der Waals surface area contributed by atoms with Gasteiger partial charge in [0.15, 0.2) is 0 Å². The Balaban J connectivity index is 2.34. The van der Waals surface area contributed by atoms with E-state index in [0.29, 0.717) is 13.0 Å². The molecule has 1 aromatic rings. The summed E-state index contributed by atoms with van der Waals surface area (Å²) in [4.78, 5) is 0. The maximum atomic E-state index is 9.74. The van der Waals surface area contributed by atoms with E-state index in [1.54, 1.807) is 0 Å². The van der Waals surface area contributed by atoms with E-state index in [4.69, 9.17) is 0 Å². The van der Waals surface area contributed by atoms with E-state index in [-0.39, 0.29) is 6.10 Å². The summed E-state index contributed by atoms with van der Waals surface area (Å²) < 4.78 is 1.06. The van der Waals surface area contributed by atoms with Gasteiger partial charge in [0, 0.05) is 11.0 Å². The Kier molecular flexibility index (Phi) is 5.91. The van der Waals surface area contributed by atoms with Crippen molar-refractivity contribution in [2.24, 2.45) is 0 Å². The second-order valence-electron chi connectivity index (χ2n) is 3.69. The zero-order valence-corrected chi connectivity index (χ0v) is 10.6. The number of aliphatic hydroxyl groups is 1. The molecule has 2 nitrogen and oxygen atoms in total. The van der Waals surface area contributed by atoms with Crippen LogP contribution in [-0.2, 0) is 6.42 Å². The second kappa shape index (κ2) is 6.99. The monoisotopic (exact) mass is 271 g/mol. The van der Waals surface area contributed by atoms with Crippen LogP contribution in [0.2, 0.25) is 0 Å². The minimum atomic E-state index is -0.300. The highest BCUT2D eigenvalue weighted by Gasteiger charge is 2.04. The van der Waals surface area contributed by atoms with Crippen molar-refractivity contribution >= 4 is 15.9 Å². The SMILES string of the molecule is CCCNCC(O)Cc1cccc(Br)c1. The van der Waals surface area contributed by atoms with Gasteiger partial charge < -0.3 is 10.4 Å². The van der Waals surface area contributed by atoms with Crippen LogP contribution in [-0.4, -0.2) is 24.3 Å². The average molecular weight is 272 g/mol. The maximum Gasteiger partial charge on any atom is 0.0704 e. The summed E-state index contributed by atoms with van der Waals surface area (Å²) in [6, 6.07) is 8.06. The van der Waals surface area contributed by atoms with Crippen LogP contribution < -0.4 is 5.32 Å². The van der Waals surface area contributed by atoms with Crippen molar-refractivity contribution in [2.45, 2.75) is 25.9 Å². The van der Waals surface area contributed by atoms with E-state index in [0.717, 1.165) is 23.0 Å². The number of benzene rings is 1. The molecule has 1 aromatic carbocycles. The highest BCUT2D eigenvalue weighted by molar-refractivity contribution is 9.10. The van der Waals surface area contributed by atoms with Crippen molar-refractivity contribution in [3.05, 3.63) is 34.3 Å². The number of nitrogens with one attached hydrogen (secondary N) is 1. The van der Waals surface area contributed by atoms with E-state index in [9.17, 15) is 5.11 Å². The van der Waals surface area contributed by atoms with Crippen molar-refractivity contribution in [3.63, 3.8) is 0 Å². The Morgan fingerprint density at radius 3 is 2.93 bits per heavy atom. The third-order valence-corrected chi connectivity index (χ3v) is 2.66. The minimum Gasteiger partial charge on any atom is -0.391 e. The fourth-order valence-corrected chi connectivity index (χ4v) is 1.90. The van der Waals surface area contributed by atoms with Gasteiger partial charge in [0.1, 0.15) is 0 Å². The molecule has 0 saturated heterocycles. The highest BCUT2D eigenvalue weighted by atomic mass is 79.9. The predicted octanol–water partition coefficient (Wildman–Crippen LogP) is 2.35. The molecule has 1 unspecified atom stereocenters. The largest absolute Gasteiger partial charge is 0.391 e. The molecular formula is C12H18BrNO. The first-order valence-corrected chi connectivity index (χ1v) is 6.15. The molecule has 0 saturated carbocycles. The average Bonchev–Trinajstić information content (AvgIpc) is 2.18. The van der Waals surface area contributed by atoms with Crippen molar-refractivity contribution in [1.82, 2.24) is 5.32 Å². The van der Waals surface area contributed by atoms with Crippen LogP contribution in [0.5, 0.6) is 0 Å². The predicted molar refractivity (Wildman–Crippen MR) is 67.0 cm³/mol. The van der Waals surface area contributed by atoms with Gasteiger partial charge in [0.2, 0.25) is 0 Å². The molecule has 3 heteroatoms. The summed E-state index contributed by atoms with van der Waals surface area (Å²) in [5.41, 5.74) is 1.16. The van der Waals surface area contributed by atoms with E-state index in [2.05, 4.69) is 28.2 Å². The lowest BCUT2D eigenvalue weighted by molar-refractivity contribution is 0.172. The molecule has 2 N–H and O–H groups in total. The van der Waals surface area contributed by atoms with E-state index < -0.39 is 0 Å². The minimum absolute atomic E-state index is 0.300. The Bertz CT molecular complexity index is 291. The van der Waals surface area contributed by atoms with Crippen LogP contribution in [0.15, 0.2) is 28.7 Å². The molecule has 0 spiro atoms. The summed E-state index contributed by atoms with van der Waals surface area (Å²) in [6.45, 7) is 3.75. The molecule has 0 radical (unpaired) electrons. The number of hydrogen-bond donors (Lipinski definition) is 2. The Morgan fingerprint density at radius 2 is 2.27 bits per heavy atom. The first-order chi connectivity index (χ1) is 7.22. The molecule has 84 valence electrons. The Hall–Kier alpha value is -0.380. The Labute approximate surface area is 99.8 Å². The summed E-state index contributed by atoms with van der Waals surface area (Å²) in [7, 11) is 0. The molecule has 15 heavy (non-hydrogen) atoms. The molecule has 1 atom stereocenters. The lowest BCUT2D eigenvalue weighted by Gasteiger charge is -2.11.